The van der Waals surface area contributed by atoms with Gasteiger partial charge in [0.2, 0.25) is 0 Å². The number of aromatic nitrogens is 3. The standard InChI is InChI=1S/C15H21ClN4S/c1-10(2)8-17-9-12-5-6-13(16)7-14(12)21-15-19-18-11(3)20(15)4/h5-7,10,17H,8-9H2,1-4H3. The van der Waals surface area contributed by atoms with Crippen LogP contribution in [-0.4, -0.2) is 21.3 Å². The van der Waals surface area contributed by atoms with Crippen molar-refractivity contribution in [3.05, 3.63) is 34.6 Å². The van der Waals surface area contributed by atoms with E-state index < -0.39 is 0 Å². The summed E-state index contributed by atoms with van der Waals surface area (Å²) in [5.74, 6) is 1.54. The normalized spacial score (nSPS) is 11.3. The molecule has 6 heteroatoms. The van der Waals surface area contributed by atoms with E-state index in [2.05, 4.69) is 35.4 Å². The first-order valence-corrected chi connectivity index (χ1v) is 8.19. The van der Waals surface area contributed by atoms with Gasteiger partial charge in [0.15, 0.2) is 5.16 Å². The first-order valence-electron chi connectivity index (χ1n) is 7.00. The Balaban J connectivity index is 2.17. The van der Waals surface area contributed by atoms with Crippen molar-refractivity contribution in [2.24, 2.45) is 13.0 Å². The number of aryl methyl sites for hydroxylation is 1. The molecular weight excluding hydrogens is 304 g/mol. The molecule has 0 atom stereocenters. The van der Waals surface area contributed by atoms with E-state index in [1.165, 1.54) is 5.56 Å². The Hall–Kier alpha value is -1.04. The van der Waals surface area contributed by atoms with Gasteiger partial charge in [-0.25, -0.2) is 0 Å². The van der Waals surface area contributed by atoms with Crippen LogP contribution in [0.1, 0.15) is 25.2 Å². The van der Waals surface area contributed by atoms with E-state index >= 15 is 0 Å². The van der Waals surface area contributed by atoms with Crippen molar-refractivity contribution >= 4 is 23.4 Å². The molecule has 0 radical (unpaired) electrons. The quantitative estimate of drug-likeness (QED) is 0.880. The monoisotopic (exact) mass is 324 g/mol. The van der Waals surface area contributed by atoms with E-state index in [0.29, 0.717) is 5.92 Å². The first-order chi connectivity index (χ1) is 9.97. The van der Waals surface area contributed by atoms with Crippen LogP contribution < -0.4 is 5.32 Å². The molecule has 0 bridgehead atoms. The van der Waals surface area contributed by atoms with Crippen LogP contribution in [0.4, 0.5) is 0 Å². The summed E-state index contributed by atoms with van der Waals surface area (Å²) in [6.45, 7) is 8.17. The minimum absolute atomic E-state index is 0.634. The molecule has 114 valence electrons. The summed E-state index contributed by atoms with van der Waals surface area (Å²) in [6, 6.07) is 5.99. The molecule has 0 saturated heterocycles. The number of nitrogens with one attached hydrogen (secondary N) is 1. The number of halogens is 1. The second-order valence-electron chi connectivity index (χ2n) is 5.47. The molecule has 4 nitrogen and oxygen atoms in total. The number of nitrogens with zero attached hydrogens (tertiary/aromatic N) is 3. The van der Waals surface area contributed by atoms with Crippen LogP contribution in [0.5, 0.6) is 0 Å². The van der Waals surface area contributed by atoms with E-state index in [9.17, 15) is 0 Å². The summed E-state index contributed by atoms with van der Waals surface area (Å²) < 4.78 is 1.98. The number of hydrogen-bond acceptors (Lipinski definition) is 4. The van der Waals surface area contributed by atoms with Gasteiger partial charge in [-0.2, -0.15) is 0 Å². The molecule has 0 aliphatic carbocycles. The largest absolute Gasteiger partial charge is 0.312 e. The molecule has 0 fully saturated rings. The van der Waals surface area contributed by atoms with Gasteiger partial charge in [0.1, 0.15) is 5.82 Å². The maximum absolute atomic E-state index is 6.14. The Labute approximate surface area is 135 Å². The fraction of sp³-hybridized carbons (Fsp3) is 0.467. The Morgan fingerprint density at radius 2 is 2.10 bits per heavy atom. The smallest absolute Gasteiger partial charge is 0.195 e. The lowest BCUT2D eigenvalue weighted by atomic mass is 10.2. The van der Waals surface area contributed by atoms with Gasteiger partial charge < -0.3 is 9.88 Å². The van der Waals surface area contributed by atoms with Crippen LogP contribution in [-0.2, 0) is 13.6 Å². The molecule has 0 saturated carbocycles. The molecule has 21 heavy (non-hydrogen) atoms. The summed E-state index contributed by atoms with van der Waals surface area (Å²) in [5, 5.41) is 13.4. The van der Waals surface area contributed by atoms with Crippen molar-refractivity contribution in [2.45, 2.75) is 37.4 Å². The Morgan fingerprint density at radius 3 is 2.71 bits per heavy atom. The van der Waals surface area contributed by atoms with E-state index in [0.717, 1.165) is 34.0 Å². The second-order valence-corrected chi connectivity index (χ2v) is 6.91. The Bertz CT molecular complexity index is 610. The lowest BCUT2D eigenvalue weighted by Crippen LogP contribution is -2.19. The minimum atomic E-state index is 0.634. The van der Waals surface area contributed by atoms with Gasteiger partial charge in [-0.05, 0) is 48.8 Å². The third-order valence-corrected chi connectivity index (χ3v) is 4.52. The fourth-order valence-corrected chi connectivity index (χ4v) is 3.08. The van der Waals surface area contributed by atoms with Crippen LogP contribution in [0.25, 0.3) is 0 Å². The van der Waals surface area contributed by atoms with Gasteiger partial charge in [0.25, 0.3) is 0 Å². The molecule has 2 rings (SSSR count). The molecule has 0 unspecified atom stereocenters. The third kappa shape index (κ3) is 4.46. The molecule has 1 heterocycles. The highest BCUT2D eigenvalue weighted by Crippen LogP contribution is 2.31. The van der Waals surface area contributed by atoms with E-state index in [1.54, 1.807) is 11.8 Å². The molecule has 2 aromatic rings. The van der Waals surface area contributed by atoms with E-state index in [1.807, 2.05) is 30.7 Å². The van der Waals surface area contributed by atoms with Gasteiger partial charge in [0, 0.05) is 23.5 Å². The maximum atomic E-state index is 6.14. The van der Waals surface area contributed by atoms with Crippen molar-refractivity contribution in [3.8, 4) is 0 Å². The van der Waals surface area contributed by atoms with Gasteiger partial charge in [-0.15, -0.1) is 10.2 Å². The molecule has 0 amide bonds. The third-order valence-electron chi connectivity index (χ3n) is 3.15. The number of benzene rings is 1. The van der Waals surface area contributed by atoms with Gasteiger partial charge in [-0.1, -0.05) is 31.5 Å². The van der Waals surface area contributed by atoms with Crippen LogP contribution in [0.3, 0.4) is 0 Å². The van der Waals surface area contributed by atoms with Crippen LogP contribution >= 0.6 is 23.4 Å². The van der Waals surface area contributed by atoms with Gasteiger partial charge in [0.05, 0.1) is 0 Å². The average Bonchev–Trinajstić information content (AvgIpc) is 2.73. The molecule has 0 spiro atoms. The zero-order chi connectivity index (χ0) is 15.4. The van der Waals surface area contributed by atoms with E-state index in [-0.39, 0.29) is 0 Å². The summed E-state index contributed by atoms with van der Waals surface area (Å²) in [5.41, 5.74) is 1.23. The van der Waals surface area contributed by atoms with E-state index in [4.69, 9.17) is 11.6 Å². The first kappa shape index (κ1) is 16.3. The zero-order valence-corrected chi connectivity index (χ0v) is 14.4. The highest BCUT2D eigenvalue weighted by molar-refractivity contribution is 7.99. The fourth-order valence-electron chi connectivity index (χ4n) is 1.84. The zero-order valence-electron chi connectivity index (χ0n) is 12.9. The Morgan fingerprint density at radius 1 is 1.33 bits per heavy atom. The minimum Gasteiger partial charge on any atom is -0.312 e. The molecule has 0 aliphatic rings. The number of hydrogen-bond donors (Lipinski definition) is 1. The molecule has 1 N–H and O–H groups in total. The van der Waals surface area contributed by atoms with Crippen molar-refractivity contribution in [2.75, 3.05) is 6.54 Å². The molecule has 1 aromatic carbocycles. The van der Waals surface area contributed by atoms with Crippen molar-refractivity contribution in [1.29, 1.82) is 0 Å². The summed E-state index contributed by atoms with van der Waals surface area (Å²) >= 11 is 7.74. The average molecular weight is 325 g/mol. The highest BCUT2D eigenvalue weighted by atomic mass is 35.5. The lowest BCUT2D eigenvalue weighted by Gasteiger charge is -2.12. The predicted molar refractivity (Wildman–Crippen MR) is 87.9 cm³/mol. The second kappa shape index (κ2) is 7.29. The molecular formula is C15H21ClN4S. The number of rotatable bonds is 6. The van der Waals surface area contributed by atoms with Crippen LogP contribution in [0, 0.1) is 12.8 Å². The lowest BCUT2D eigenvalue weighted by molar-refractivity contribution is 0.550. The molecule has 0 aliphatic heterocycles. The predicted octanol–water partition coefficient (Wildman–Crippen LogP) is 3.67. The summed E-state index contributed by atoms with van der Waals surface area (Å²) in [4.78, 5) is 1.12. The van der Waals surface area contributed by atoms with Gasteiger partial charge >= 0.3 is 0 Å². The van der Waals surface area contributed by atoms with Crippen molar-refractivity contribution in [3.63, 3.8) is 0 Å². The maximum Gasteiger partial charge on any atom is 0.195 e. The summed E-state index contributed by atoms with van der Waals surface area (Å²) in [6.07, 6.45) is 0. The topological polar surface area (TPSA) is 42.7 Å². The SMILES string of the molecule is Cc1nnc(Sc2cc(Cl)ccc2CNCC(C)C)n1C. The van der Waals surface area contributed by atoms with Crippen molar-refractivity contribution < 1.29 is 0 Å². The highest BCUT2D eigenvalue weighted by Gasteiger charge is 2.11. The van der Waals surface area contributed by atoms with Crippen LogP contribution in [0.2, 0.25) is 5.02 Å². The van der Waals surface area contributed by atoms with Gasteiger partial charge in [-0.3, -0.25) is 0 Å². The Kier molecular flexibility index (Phi) is 5.67. The van der Waals surface area contributed by atoms with Crippen LogP contribution in [0.15, 0.2) is 28.3 Å². The van der Waals surface area contributed by atoms with Crippen molar-refractivity contribution in [1.82, 2.24) is 20.1 Å². The molecule has 1 aromatic heterocycles. The summed E-state index contributed by atoms with van der Waals surface area (Å²) in [7, 11) is 1.97.